The van der Waals surface area contributed by atoms with Gasteiger partial charge in [-0.3, -0.25) is 14.9 Å². The molecule has 0 N–H and O–H groups in total. The minimum Gasteiger partial charge on any atom is -0.369 e. The van der Waals surface area contributed by atoms with Gasteiger partial charge in [0.1, 0.15) is 11.3 Å². The first-order valence-electron chi connectivity index (χ1n) is 6.46. The molecule has 114 valence electrons. The largest absolute Gasteiger partial charge is 0.369 e. The second-order valence-electron chi connectivity index (χ2n) is 5.66. The maximum absolute atomic E-state index is 12.6. The molecule has 1 aliphatic rings. The van der Waals surface area contributed by atoms with Gasteiger partial charge >= 0.3 is 0 Å². The summed E-state index contributed by atoms with van der Waals surface area (Å²) >= 11 is 5.91. The Balaban J connectivity index is 2.31. The van der Waals surface area contributed by atoms with Crippen molar-refractivity contribution in [1.82, 2.24) is 9.88 Å². The molecular weight excluding hydrogens is 298 g/mol. The zero-order chi connectivity index (χ0) is 15.8. The maximum atomic E-state index is 12.6. The Morgan fingerprint density at radius 1 is 1.62 bits per heavy atom. The predicted molar refractivity (Wildman–Crippen MR) is 76.4 cm³/mol. The third-order valence-corrected chi connectivity index (χ3v) is 3.42. The van der Waals surface area contributed by atoms with Gasteiger partial charge in [-0.05, 0) is 20.8 Å². The summed E-state index contributed by atoms with van der Waals surface area (Å²) < 4.78 is 5.73. The van der Waals surface area contributed by atoms with E-state index in [2.05, 4.69) is 4.98 Å². The number of hydrogen-bond acceptors (Lipinski definition) is 5. The van der Waals surface area contributed by atoms with E-state index in [1.165, 1.54) is 0 Å². The van der Waals surface area contributed by atoms with Gasteiger partial charge in [0, 0.05) is 19.2 Å². The van der Waals surface area contributed by atoms with Crippen molar-refractivity contribution in [3.05, 3.63) is 33.1 Å². The van der Waals surface area contributed by atoms with E-state index in [0.29, 0.717) is 13.1 Å². The van der Waals surface area contributed by atoms with Crippen molar-refractivity contribution >= 4 is 23.2 Å². The first kappa shape index (κ1) is 15.7. The Labute approximate surface area is 127 Å². The minimum absolute atomic E-state index is 0.0377. The Morgan fingerprint density at radius 2 is 2.29 bits per heavy atom. The van der Waals surface area contributed by atoms with Gasteiger partial charge in [-0.2, -0.15) is 0 Å². The molecule has 1 fully saturated rings. The number of carbonyl (C=O) groups excluding carboxylic acids is 1. The summed E-state index contributed by atoms with van der Waals surface area (Å²) in [5.41, 5.74) is -0.701. The molecule has 0 spiro atoms. The topological polar surface area (TPSA) is 85.6 Å². The number of halogens is 1. The lowest BCUT2D eigenvalue weighted by atomic mass is 10.0. The van der Waals surface area contributed by atoms with Gasteiger partial charge in [-0.25, -0.2) is 4.98 Å². The highest BCUT2D eigenvalue weighted by Crippen LogP contribution is 2.25. The molecule has 0 saturated carbocycles. The van der Waals surface area contributed by atoms with Crippen LogP contribution < -0.4 is 0 Å². The zero-order valence-corrected chi connectivity index (χ0v) is 12.8. The number of aromatic nitrogens is 1. The molecule has 0 bridgehead atoms. The van der Waals surface area contributed by atoms with Gasteiger partial charge in [0.25, 0.3) is 11.6 Å². The molecule has 1 aromatic rings. The van der Waals surface area contributed by atoms with Crippen LogP contribution in [0.2, 0.25) is 5.15 Å². The van der Waals surface area contributed by atoms with Crippen molar-refractivity contribution in [3.63, 3.8) is 0 Å². The maximum Gasteiger partial charge on any atom is 0.288 e. The lowest BCUT2D eigenvalue weighted by Gasteiger charge is -2.41. The fraction of sp³-hybridized carbons (Fsp3) is 0.538. The van der Waals surface area contributed by atoms with E-state index >= 15 is 0 Å². The van der Waals surface area contributed by atoms with Gasteiger partial charge in [-0.15, -0.1) is 0 Å². The van der Waals surface area contributed by atoms with Gasteiger partial charge in [-0.1, -0.05) is 11.6 Å². The number of carbonyl (C=O) groups is 1. The van der Waals surface area contributed by atoms with Gasteiger partial charge in [0.2, 0.25) is 0 Å². The lowest BCUT2D eigenvalue weighted by molar-refractivity contribution is -0.385. The SMILES string of the molecule is CC1CN(C(=O)c2cc([N+](=O)[O-])cnc2Cl)CC(C)(C)O1. The highest BCUT2D eigenvalue weighted by molar-refractivity contribution is 6.32. The first-order valence-corrected chi connectivity index (χ1v) is 6.84. The molecule has 7 nitrogen and oxygen atoms in total. The molecule has 0 aromatic carbocycles. The Hall–Kier alpha value is -1.73. The minimum atomic E-state index is -0.605. The summed E-state index contributed by atoms with van der Waals surface area (Å²) in [5.74, 6) is -0.376. The second kappa shape index (κ2) is 5.57. The molecule has 1 aliphatic heterocycles. The second-order valence-corrected chi connectivity index (χ2v) is 6.02. The number of rotatable bonds is 2. The molecule has 2 heterocycles. The highest BCUT2D eigenvalue weighted by Gasteiger charge is 2.35. The Kier molecular flexibility index (Phi) is 4.15. The van der Waals surface area contributed by atoms with Crippen LogP contribution in [0.3, 0.4) is 0 Å². The normalized spacial score (nSPS) is 21.1. The molecule has 1 aromatic heterocycles. The number of hydrogen-bond donors (Lipinski definition) is 0. The monoisotopic (exact) mass is 313 g/mol. The van der Waals surface area contributed by atoms with E-state index in [-0.39, 0.29) is 28.4 Å². The van der Waals surface area contributed by atoms with Crippen molar-refractivity contribution in [2.45, 2.75) is 32.5 Å². The van der Waals surface area contributed by atoms with Crippen LogP contribution >= 0.6 is 11.6 Å². The molecule has 21 heavy (non-hydrogen) atoms. The smallest absolute Gasteiger partial charge is 0.288 e. The molecule has 8 heteroatoms. The quantitative estimate of drug-likeness (QED) is 0.475. The fourth-order valence-electron chi connectivity index (χ4n) is 2.47. The van der Waals surface area contributed by atoms with E-state index in [9.17, 15) is 14.9 Å². The van der Waals surface area contributed by atoms with Crippen molar-refractivity contribution in [2.75, 3.05) is 13.1 Å². The summed E-state index contributed by atoms with van der Waals surface area (Å²) in [7, 11) is 0. The lowest BCUT2D eigenvalue weighted by Crippen LogP contribution is -2.53. The van der Waals surface area contributed by atoms with Crippen LogP contribution in [0.5, 0.6) is 0 Å². The molecule has 1 unspecified atom stereocenters. The summed E-state index contributed by atoms with van der Waals surface area (Å²) in [6.45, 7) is 6.43. The van der Waals surface area contributed by atoms with Crippen molar-refractivity contribution in [1.29, 1.82) is 0 Å². The van der Waals surface area contributed by atoms with E-state index in [0.717, 1.165) is 12.3 Å². The summed E-state index contributed by atoms with van der Waals surface area (Å²) in [6.07, 6.45) is 0.911. The van der Waals surface area contributed by atoms with Crippen molar-refractivity contribution < 1.29 is 14.5 Å². The number of morpholine rings is 1. The number of nitro groups is 1. The molecule has 2 rings (SSSR count). The van der Waals surface area contributed by atoms with E-state index < -0.39 is 10.5 Å². The van der Waals surface area contributed by atoms with Crippen LogP contribution in [0.4, 0.5) is 5.69 Å². The molecule has 1 atom stereocenters. The van der Waals surface area contributed by atoms with E-state index in [4.69, 9.17) is 16.3 Å². The number of ether oxygens (including phenoxy) is 1. The third kappa shape index (κ3) is 3.48. The van der Waals surface area contributed by atoms with Crippen LogP contribution in [0.25, 0.3) is 0 Å². The van der Waals surface area contributed by atoms with Gasteiger partial charge in [0.15, 0.2) is 0 Å². The number of nitrogens with zero attached hydrogens (tertiary/aromatic N) is 3. The average molecular weight is 314 g/mol. The third-order valence-electron chi connectivity index (χ3n) is 3.12. The van der Waals surface area contributed by atoms with Crippen LogP contribution in [-0.4, -0.2) is 45.5 Å². The van der Waals surface area contributed by atoms with Crippen LogP contribution in [0.1, 0.15) is 31.1 Å². The van der Waals surface area contributed by atoms with Gasteiger partial charge in [0.05, 0.1) is 22.2 Å². The number of pyridine rings is 1. The first-order chi connectivity index (χ1) is 9.69. The molecule has 1 amide bonds. The van der Waals surface area contributed by atoms with E-state index in [1.54, 1.807) is 4.90 Å². The molecule has 1 saturated heterocycles. The van der Waals surface area contributed by atoms with Gasteiger partial charge < -0.3 is 9.64 Å². The van der Waals surface area contributed by atoms with Crippen molar-refractivity contribution in [3.8, 4) is 0 Å². The summed E-state index contributed by atoms with van der Waals surface area (Å²) in [6, 6.07) is 1.16. The highest BCUT2D eigenvalue weighted by atomic mass is 35.5. The summed E-state index contributed by atoms with van der Waals surface area (Å²) in [5, 5.41) is 10.8. The summed E-state index contributed by atoms with van der Waals surface area (Å²) in [4.78, 5) is 28.0. The van der Waals surface area contributed by atoms with E-state index in [1.807, 2.05) is 20.8 Å². The van der Waals surface area contributed by atoms with Crippen molar-refractivity contribution in [2.24, 2.45) is 0 Å². The predicted octanol–water partition coefficient (Wildman–Crippen LogP) is 2.28. The molecule has 0 aliphatic carbocycles. The Bertz CT molecular complexity index is 591. The van der Waals surface area contributed by atoms with Crippen LogP contribution in [0, 0.1) is 10.1 Å². The number of amides is 1. The Morgan fingerprint density at radius 3 is 2.86 bits per heavy atom. The standard InChI is InChI=1S/C13H16ClN3O4/c1-8-6-16(7-13(2,3)21-8)12(18)10-4-9(17(19)20)5-15-11(10)14/h4-5,8H,6-7H2,1-3H3. The van der Waals surface area contributed by atoms with Crippen LogP contribution in [0.15, 0.2) is 12.3 Å². The molecule has 0 radical (unpaired) electrons. The van der Waals surface area contributed by atoms with Crippen LogP contribution in [-0.2, 0) is 4.74 Å². The zero-order valence-electron chi connectivity index (χ0n) is 12.0. The fourth-order valence-corrected chi connectivity index (χ4v) is 2.65. The molecular formula is C13H16ClN3O4. The average Bonchev–Trinajstić information content (AvgIpc) is 2.35.